The van der Waals surface area contributed by atoms with Crippen LogP contribution in [0.4, 0.5) is 0 Å². The Bertz CT molecular complexity index is 1510. The van der Waals surface area contributed by atoms with E-state index in [4.69, 9.17) is 0 Å². The molecule has 0 bridgehead atoms. The molecule has 0 spiro atoms. The molecule has 0 fully saturated rings. The molecule has 0 aliphatic rings. The van der Waals surface area contributed by atoms with Crippen molar-refractivity contribution in [1.29, 1.82) is 0 Å². The van der Waals surface area contributed by atoms with Crippen LogP contribution in [0.2, 0.25) is 0 Å². The van der Waals surface area contributed by atoms with E-state index in [1.165, 1.54) is 59.3 Å². The predicted molar refractivity (Wildman–Crippen MR) is 255 cm³/mol. The highest BCUT2D eigenvalue weighted by Gasteiger charge is 2.09. The Morgan fingerprint density at radius 3 is 1.23 bits per heavy atom. The number of hydrogen-bond donors (Lipinski definition) is 0. The second-order valence-corrected chi connectivity index (χ2v) is 20.1. The van der Waals surface area contributed by atoms with Crippen molar-refractivity contribution in [2.24, 2.45) is 47.3 Å². The minimum atomic E-state index is 0.631. The molecule has 0 atom stereocenters. The molecule has 0 aliphatic carbocycles. The maximum Gasteiger partial charge on any atom is 0.128 e. The lowest BCUT2D eigenvalue weighted by Crippen LogP contribution is -2.05. The lowest BCUT2D eigenvalue weighted by Gasteiger charge is -2.11. The molecule has 4 rings (SSSR count). The van der Waals surface area contributed by atoms with Crippen molar-refractivity contribution < 1.29 is 0 Å². The van der Waals surface area contributed by atoms with Crippen LogP contribution in [0.5, 0.6) is 0 Å². The number of hydrogen-bond acceptors (Lipinski definition) is 8. The van der Waals surface area contributed by atoms with Gasteiger partial charge in [-0.1, -0.05) is 111 Å². The summed E-state index contributed by atoms with van der Waals surface area (Å²) >= 11 is 0. The van der Waals surface area contributed by atoms with Crippen molar-refractivity contribution in [1.82, 2.24) is 39.9 Å². The van der Waals surface area contributed by atoms with E-state index in [1.54, 1.807) is 12.7 Å². The largest absolute Gasteiger partial charge is 0.245 e. The Morgan fingerprint density at radius 2 is 0.733 bits per heavy atom. The number of nitrogens with zero attached hydrogens (tertiary/aromatic N) is 8. The van der Waals surface area contributed by atoms with Gasteiger partial charge in [0, 0.05) is 61.4 Å². The van der Waals surface area contributed by atoms with Crippen LogP contribution in [-0.4, -0.2) is 39.9 Å². The SMILES string of the molecule is CC(C)CCc1cnc(CCC(C)C)nc1.CC(C)CCc1cncnc1CCC(C)C.CC(C)Cc1cnc(CC(C)C)nc1.CC(C)Cc1cncnc1CC(C)C. The van der Waals surface area contributed by atoms with Crippen LogP contribution < -0.4 is 0 Å². The molecule has 8 heteroatoms. The van der Waals surface area contributed by atoms with Gasteiger partial charge in [-0.3, -0.25) is 0 Å². The summed E-state index contributed by atoms with van der Waals surface area (Å²) < 4.78 is 0. The van der Waals surface area contributed by atoms with Gasteiger partial charge in [0.15, 0.2) is 0 Å². The third kappa shape index (κ3) is 28.0. The predicted octanol–water partition coefficient (Wildman–Crippen LogP) is 13.1. The number of aromatic nitrogens is 8. The molecule has 4 heterocycles. The van der Waals surface area contributed by atoms with Gasteiger partial charge in [0.1, 0.15) is 24.3 Å². The lowest BCUT2D eigenvalue weighted by molar-refractivity contribution is 0.564. The minimum absolute atomic E-state index is 0.631. The Balaban J connectivity index is 0.000000401. The first-order valence-electron chi connectivity index (χ1n) is 23.5. The molecule has 0 aromatic carbocycles. The first kappa shape index (κ1) is 54.3. The molecule has 60 heavy (non-hydrogen) atoms. The van der Waals surface area contributed by atoms with Crippen LogP contribution in [-0.2, 0) is 51.4 Å². The van der Waals surface area contributed by atoms with Gasteiger partial charge in [-0.25, -0.2) is 39.9 Å². The minimum Gasteiger partial charge on any atom is -0.245 e. The summed E-state index contributed by atoms with van der Waals surface area (Å²) in [7, 11) is 0. The van der Waals surface area contributed by atoms with E-state index in [2.05, 4.69) is 151 Å². The van der Waals surface area contributed by atoms with E-state index in [1.807, 2.05) is 37.2 Å². The van der Waals surface area contributed by atoms with Crippen molar-refractivity contribution in [3.63, 3.8) is 0 Å². The van der Waals surface area contributed by atoms with Gasteiger partial charge in [-0.05, 0) is 134 Å². The van der Waals surface area contributed by atoms with Crippen molar-refractivity contribution in [2.45, 2.75) is 188 Å². The first-order chi connectivity index (χ1) is 28.3. The molecule has 0 unspecified atom stereocenters. The standard InChI is InChI=1S/2C14H24N2.2C12H20N2/c1-11(2)5-7-13-9-15-10-16-14(13)8-6-12(3)4;1-11(2)5-7-13-9-15-14(16-10-13)8-6-12(3)4;1-9(2)5-11-7-13-8-14-12(11)6-10(3)4;1-9(2)5-11-7-13-12(14-8-11)6-10(3)4/h2*9-12H,5-8H2,1-4H3;2*7-10H,5-6H2,1-4H3. The maximum atomic E-state index is 4.42. The van der Waals surface area contributed by atoms with Crippen LogP contribution in [0.3, 0.4) is 0 Å². The first-order valence-corrected chi connectivity index (χ1v) is 23.5. The third-order valence-electron chi connectivity index (χ3n) is 9.65. The van der Waals surface area contributed by atoms with E-state index in [-0.39, 0.29) is 0 Å². The van der Waals surface area contributed by atoms with Crippen molar-refractivity contribution in [3.05, 3.63) is 95.1 Å². The molecule has 0 saturated carbocycles. The average molecular weight is 825 g/mol. The molecular weight excluding hydrogens is 737 g/mol. The Morgan fingerprint density at radius 1 is 0.317 bits per heavy atom. The Hall–Kier alpha value is -3.68. The van der Waals surface area contributed by atoms with Gasteiger partial charge in [0.25, 0.3) is 0 Å². The summed E-state index contributed by atoms with van der Waals surface area (Å²) in [6.45, 7) is 35.7. The van der Waals surface area contributed by atoms with Gasteiger partial charge in [-0.2, -0.15) is 0 Å². The molecule has 8 nitrogen and oxygen atoms in total. The fraction of sp³-hybridized carbons (Fsp3) is 0.692. The van der Waals surface area contributed by atoms with Crippen LogP contribution in [0, 0.1) is 47.3 Å². The zero-order valence-corrected chi connectivity index (χ0v) is 41.3. The summed E-state index contributed by atoms with van der Waals surface area (Å²) in [4.78, 5) is 34.6. The van der Waals surface area contributed by atoms with E-state index in [9.17, 15) is 0 Å². The normalized spacial score (nSPS) is 11.3. The Kier molecular flexibility index (Phi) is 28.3. The van der Waals surface area contributed by atoms with Gasteiger partial charge in [0.05, 0.1) is 0 Å². The molecule has 0 aliphatic heterocycles. The fourth-order valence-corrected chi connectivity index (χ4v) is 6.19. The third-order valence-corrected chi connectivity index (χ3v) is 9.65. The van der Waals surface area contributed by atoms with E-state index in [0.717, 1.165) is 86.7 Å². The molecular formula is C52H88N8. The Labute approximate surface area is 369 Å². The molecule has 336 valence electrons. The lowest BCUT2D eigenvalue weighted by atomic mass is 9.98. The van der Waals surface area contributed by atoms with Crippen molar-refractivity contribution in [2.75, 3.05) is 0 Å². The maximum absolute atomic E-state index is 4.42. The van der Waals surface area contributed by atoms with Gasteiger partial charge >= 0.3 is 0 Å². The van der Waals surface area contributed by atoms with Gasteiger partial charge in [-0.15, -0.1) is 0 Å². The highest BCUT2D eigenvalue weighted by molar-refractivity contribution is 5.17. The molecule has 4 aromatic heterocycles. The summed E-state index contributed by atoms with van der Waals surface area (Å²) in [5.41, 5.74) is 7.65. The quantitative estimate of drug-likeness (QED) is 0.0868. The van der Waals surface area contributed by atoms with Crippen LogP contribution in [0.15, 0.2) is 49.8 Å². The van der Waals surface area contributed by atoms with E-state index >= 15 is 0 Å². The van der Waals surface area contributed by atoms with Gasteiger partial charge in [0.2, 0.25) is 0 Å². The zero-order chi connectivity index (χ0) is 45.0. The van der Waals surface area contributed by atoms with E-state index in [0.29, 0.717) is 23.7 Å². The summed E-state index contributed by atoms with van der Waals surface area (Å²) in [6.07, 6.45) is 28.5. The van der Waals surface area contributed by atoms with Crippen LogP contribution >= 0.6 is 0 Å². The fourth-order valence-electron chi connectivity index (χ4n) is 6.19. The van der Waals surface area contributed by atoms with Crippen LogP contribution in [0.1, 0.15) is 182 Å². The number of aryl methyl sites for hydroxylation is 4. The molecule has 0 radical (unpaired) electrons. The summed E-state index contributed by atoms with van der Waals surface area (Å²) in [5, 5.41) is 0. The topological polar surface area (TPSA) is 103 Å². The zero-order valence-electron chi connectivity index (χ0n) is 41.3. The highest BCUT2D eigenvalue weighted by atomic mass is 14.9. The van der Waals surface area contributed by atoms with Gasteiger partial charge < -0.3 is 0 Å². The number of rotatable bonds is 20. The molecule has 0 saturated heterocycles. The monoisotopic (exact) mass is 825 g/mol. The van der Waals surface area contributed by atoms with Crippen molar-refractivity contribution >= 4 is 0 Å². The van der Waals surface area contributed by atoms with Crippen molar-refractivity contribution in [3.8, 4) is 0 Å². The smallest absolute Gasteiger partial charge is 0.128 e. The summed E-state index contributed by atoms with van der Waals surface area (Å²) in [6, 6.07) is 0. The highest BCUT2D eigenvalue weighted by Crippen LogP contribution is 2.16. The average Bonchev–Trinajstić information content (AvgIpc) is 3.17. The molecule has 4 aromatic rings. The summed E-state index contributed by atoms with van der Waals surface area (Å²) in [5.74, 6) is 7.56. The molecule has 0 N–H and O–H groups in total. The van der Waals surface area contributed by atoms with Crippen LogP contribution in [0.25, 0.3) is 0 Å². The van der Waals surface area contributed by atoms with E-state index < -0.39 is 0 Å². The molecule has 0 amide bonds. The second-order valence-electron chi connectivity index (χ2n) is 20.1. The second kappa shape index (κ2) is 31.2.